The van der Waals surface area contributed by atoms with Gasteiger partial charge < -0.3 is 5.11 Å². The molecule has 1 aromatic carbocycles. The van der Waals surface area contributed by atoms with Crippen LogP contribution in [0.1, 0.15) is 23.7 Å². The van der Waals surface area contributed by atoms with Crippen molar-refractivity contribution in [2.24, 2.45) is 0 Å². The maximum Gasteiger partial charge on any atom is 0.123 e. The molecule has 11 heavy (non-hydrogen) atoms. The molecule has 1 aliphatic carbocycles. The van der Waals surface area contributed by atoms with E-state index >= 15 is 0 Å². The van der Waals surface area contributed by atoms with Gasteiger partial charge in [0.05, 0.1) is 6.10 Å². The van der Waals surface area contributed by atoms with Gasteiger partial charge in [-0.25, -0.2) is 4.39 Å². The number of aliphatic hydroxyl groups is 1. The van der Waals surface area contributed by atoms with Crippen LogP contribution in [0, 0.1) is 5.82 Å². The van der Waals surface area contributed by atoms with Gasteiger partial charge in [-0.2, -0.15) is 0 Å². The Kier molecular flexibility index (Phi) is 1.43. The molecule has 0 saturated carbocycles. The van der Waals surface area contributed by atoms with Gasteiger partial charge in [-0.15, -0.1) is 0 Å². The zero-order chi connectivity index (χ0) is 7.84. The van der Waals surface area contributed by atoms with Crippen molar-refractivity contribution in [3.05, 3.63) is 35.1 Å². The third kappa shape index (κ3) is 1.03. The third-order valence-corrected chi connectivity index (χ3v) is 2.15. The van der Waals surface area contributed by atoms with Gasteiger partial charge in [0.15, 0.2) is 0 Å². The molecule has 0 spiro atoms. The highest BCUT2D eigenvalue weighted by Crippen LogP contribution is 2.30. The standard InChI is InChI=1S/C9H9FO/c10-7-3-1-6-2-4-9(11)8(6)5-7/h1,3,5,9,11H,2,4H2/t9-/m1/s1. The SMILES string of the molecule is O[C@@H]1CCc2ccc(F)cc21. The third-order valence-electron chi connectivity index (χ3n) is 2.15. The second-order valence-electron chi connectivity index (χ2n) is 2.90. The number of benzene rings is 1. The van der Waals surface area contributed by atoms with Crippen molar-refractivity contribution >= 4 is 0 Å². The van der Waals surface area contributed by atoms with Crippen LogP contribution in [-0.2, 0) is 6.42 Å². The van der Waals surface area contributed by atoms with E-state index in [4.69, 9.17) is 0 Å². The lowest BCUT2D eigenvalue weighted by atomic mass is 10.1. The van der Waals surface area contributed by atoms with Crippen LogP contribution in [0.3, 0.4) is 0 Å². The van der Waals surface area contributed by atoms with Crippen LogP contribution < -0.4 is 0 Å². The van der Waals surface area contributed by atoms with Gasteiger partial charge in [-0.1, -0.05) is 6.07 Å². The molecular weight excluding hydrogens is 143 g/mol. The van der Waals surface area contributed by atoms with E-state index in [0.717, 1.165) is 24.0 Å². The second kappa shape index (κ2) is 2.31. The van der Waals surface area contributed by atoms with E-state index in [-0.39, 0.29) is 5.82 Å². The Labute approximate surface area is 64.5 Å². The summed E-state index contributed by atoms with van der Waals surface area (Å²) in [7, 11) is 0. The lowest BCUT2D eigenvalue weighted by Gasteiger charge is -2.01. The minimum absolute atomic E-state index is 0.260. The summed E-state index contributed by atoms with van der Waals surface area (Å²) in [6.45, 7) is 0. The van der Waals surface area contributed by atoms with E-state index in [9.17, 15) is 9.50 Å². The molecule has 0 amide bonds. The second-order valence-corrected chi connectivity index (χ2v) is 2.90. The maximum atomic E-state index is 12.6. The van der Waals surface area contributed by atoms with Gasteiger partial charge >= 0.3 is 0 Å². The van der Waals surface area contributed by atoms with Crippen LogP contribution >= 0.6 is 0 Å². The summed E-state index contributed by atoms with van der Waals surface area (Å²) in [5.41, 5.74) is 1.85. The van der Waals surface area contributed by atoms with Gasteiger partial charge in [-0.3, -0.25) is 0 Å². The van der Waals surface area contributed by atoms with E-state index in [0.29, 0.717) is 0 Å². The van der Waals surface area contributed by atoms with Gasteiger partial charge in [0.2, 0.25) is 0 Å². The van der Waals surface area contributed by atoms with E-state index in [1.54, 1.807) is 6.07 Å². The Bertz CT molecular complexity index is 283. The zero-order valence-electron chi connectivity index (χ0n) is 6.05. The molecule has 0 saturated heterocycles. The van der Waals surface area contributed by atoms with Gasteiger partial charge in [-0.05, 0) is 36.1 Å². The Morgan fingerprint density at radius 2 is 2.27 bits per heavy atom. The number of hydrogen-bond acceptors (Lipinski definition) is 1. The fourth-order valence-corrected chi connectivity index (χ4v) is 1.55. The van der Waals surface area contributed by atoms with Crippen LogP contribution in [0.2, 0.25) is 0 Å². The first-order valence-electron chi connectivity index (χ1n) is 3.74. The summed E-state index contributed by atoms with van der Waals surface area (Å²) in [4.78, 5) is 0. The molecule has 1 aromatic rings. The van der Waals surface area contributed by atoms with E-state index in [2.05, 4.69) is 0 Å². The van der Waals surface area contributed by atoms with Crippen LogP contribution in [0.25, 0.3) is 0 Å². The summed E-state index contributed by atoms with van der Waals surface area (Å²) >= 11 is 0. The van der Waals surface area contributed by atoms with Crippen LogP contribution in [0.4, 0.5) is 4.39 Å². The topological polar surface area (TPSA) is 20.2 Å². The van der Waals surface area contributed by atoms with Crippen molar-refractivity contribution in [3.8, 4) is 0 Å². The molecule has 0 unspecified atom stereocenters. The first-order chi connectivity index (χ1) is 5.27. The van der Waals surface area contributed by atoms with Crippen LogP contribution in [0.15, 0.2) is 18.2 Å². The summed E-state index contributed by atoms with van der Waals surface area (Å²) in [5, 5.41) is 9.34. The largest absolute Gasteiger partial charge is 0.388 e. The Morgan fingerprint density at radius 1 is 1.45 bits per heavy atom. The van der Waals surface area contributed by atoms with Crippen molar-refractivity contribution in [1.29, 1.82) is 0 Å². The summed E-state index contributed by atoms with van der Waals surface area (Å²) in [6.07, 6.45) is 1.16. The van der Waals surface area contributed by atoms with E-state index in [1.165, 1.54) is 12.1 Å². The monoisotopic (exact) mass is 152 g/mol. The number of rotatable bonds is 0. The van der Waals surface area contributed by atoms with Gasteiger partial charge in [0.1, 0.15) is 5.82 Å². The zero-order valence-corrected chi connectivity index (χ0v) is 6.05. The molecule has 2 rings (SSSR count). The van der Waals surface area contributed by atoms with E-state index in [1.807, 2.05) is 0 Å². The van der Waals surface area contributed by atoms with Gasteiger partial charge in [0, 0.05) is 0 Å². The predicted octanol–water partition coefficient (Wildman–Crippen LogP) is 1.81. The molecule has 1 aliphatic rings. The normalized spacial score (nSPS) is 21.8. The molecular formula is C9H9FO. The Balaban J connectivity index is 2.52. The molecule has 0 bridgehead atoms. The number of aliphatic hydroxyl groups excluding tert-OH is 1. The first kappa shape index (κ1) is 6.80. The van der Waals surface area contributed by atoms with Crippen LogP contribution in [0.5, 0.6) is 0 Å². The average Bonchev–Trinajstić information content (AvgIpc) is 2.33. The fraction of sp³-hybridized carbons (Fsp3) is 0.333. The molecule has 0 aromatic heterocycles. The molecule has 1 N–H and O–H groups in total. The molecule has 58 valence electrons. The van der Waals surface area contributed by atoms with Crippen molar-refractivity contribution in [1.82, 2.24) is 0 Å². The van der Waals surface area contributed by atoms with Crippen LogP contribution in [-0.4, -0.2) is 5.11 Å². The fourth-order valence-electron chi connectivity index (χ4n) is 1.55. The molecule has 1 atom stereocenters. The number of halogens is 1. The van der Waals surface area contributed by atoms with Crippen molar-refractivity contribution in [2.75, 3.05) is 0 Å². The van der Waals surface area contributed by atoms with Crippen molar-refractivity contribution in [3.63, 3.8) is 0 Å². The highest BCUT2D eigenvalue weighted by atomic mass is 19.1. The molecule has 0 fully saturated rings. The van der Waals surface area contributed by atoms with Crippen molar-refractivity contribution < 1.29 is 9.50 Å². The lowest BCUT2D eigenvalue weighted by Crippen LogP contribution is -1.90. The molecule has 2 heteroatoms. The lowest BCUT2D eigenvalue weighted by molar-refractivity contribution is 0.179. The molecule has 1 nitrogen and oxygen atoms in total. The molecule has 0 aliphatic heterocycles. The minimum atomic E-state index is -0.444. The Morgan fingerprint density at radius 3 is 3.09 bits per heavy atom. The number of hydrogen-bond donors (Lipinski definition) is 1. The summed E-state index contributed by atoms with van der Waals surface area (Å²) in [6, 6.07) is 4.62. The number of fused-ring (bicyclic) bond motifs is 1. The first-order valence-corrected chi connectivity index (χ1v) is 3.74. The summed E-state index contributed by atoms with van der Waals surface area (Å²) < 4.78 is 12.6. The average molecular weight is 152 g/mol. The molecule has 0 radical (unpaired) electrons. The quantitative estimate of drug-likeness (QED) is 0.601. The highest BCUT2D eigenvalue weighted by molar-refractivity contribution is 5.33. The van der Waals surface area contributed by atoms with E-state index < -0.39 is 6.10 Å². The number of aryl methyl sites for hydroxylation is 1. The predicted molar refractivity (Wildman–Crippen MR) is 39.7 cm³/mol. The smallest absolute Gasteiger partial charge is 0.123 e. The Hall–Kier alpha value is -0.890. The molecule has 0 heterocycles. The summed E-state index contributed by atoms with van der Waals surface area (Å²) in [5.74, 6) is -0.260. The highest BCUT2D eigenvalue weighted by Gasteiger charge is 2.19. The van der Waals surface area contributed by atoms with Crippen molar-refractivity contribution in [2.45, 2.75) is 18.9 Å². The minimum Gasteiger partial charge on any atom is -0.388 e. The maximum absolute atomic E-state index is 12.6. The van der Waals surface area contributed by atoms with Gasteiger partial charge in [0.25, 0.3) is 0 Å².